The fourth-order valence-electron chi connectivity index (χ4n) is 3.22. The molecule has 2 heterocycles. The van der Waals surface area contributed by atoms with Crippen molar-refractivity contribution in [2.24, 2.45) is 0 Å². The van der Waals surface area contributed by atoms with Crippen LogP contribution in [0.5, 0.6) is 0 Å². The minimum atomic E-state index is -4.42. The Morgan fingerprint density at radius 2 is 2.00 bits per heavy atom. The molecule has 25 heavy (non-hydrogen) atoms. The van der Waals surface area contributed by atoms with Crippen molar-refractivity contribution in [1.29, 1.82) is 0 Å². The smallest absolute Gasteiger partial charge is 0.347 e. The molecule has 0 atom stereocenters. The molecule has 1 N–H and O–H groups in total. The summed E-state index contributed by atoms with van der Waals surface area (Å²) in [4.78, 5) is 16.5. The molecule has 2 aliphatic rings. The predicted octanol–water partition coefficient (Wildman–Crippen LogP) is 4.17. The van der Waals surface area contributed by atoms with Gasteiger partial charge in [-0.15, -0.1) is 11.3 Å². The molecule has 132 valence electrons. The molecule has 4 rings (SSSR count). The minimum Gasteiger partial charge on any atom is -0.347 e. The number of thiophene rings is 1. The van der Waals surface area contributed by atoms with E-state index in [1.807, 2.05) is 6.07 Å². The average Bonchev–Trinajstić information content (AvgIpc) is 3.22. The number of hydrogen-bond donors (Lipinski definition) is 1. The maximum absolute atomic E-state index is 13.0. The van der Waals surface area contributed by atoms with E-state index in [2.05, 4.69) is 10.2 Å². The highest BCUT2D eigenvalue weighted by molar-refractivity contribution is 7.14. The van der Waals surface area contributed by atoms with Crippen molar-refractivity contribution < 1.29 is 18.0 Å². The van der Waals surface area contributed by atoms with Gasteiger partial charge in [0.15, 0.2) is 0 Å². The van der Waals surface area contributed by atoms with Crippen molar-refractivity contribution in [3.63, 3.8) is 0 Å². The minimum absolute atomic E-state index is 0.0763. The lowest BCUT2D eigenvalue weighted by atomic mass is 10.1. The lowest BCUT2D eigenvalue weighted by Crippen LogP contribution is -2.24. The lowest BCUT2D eigenvalue weighted by Gasteiger charge is -2.13. The Bertz CT molecular complexity index is 787. The summed E-state index contributed by atoms with van der Waals surface area (Å²) >= 11 is 1.45. The quantitative estimate of drug-likeness (QED) is 0.881. The molecule has 1 aromatic carbocycles. The molecule has 1 aliphatic carbocycles. The molecule has 0 spiro atoms. The van der Waals surface area contributed by atoms with Gasteiger partial charge < -0.3 is 5.32 Å². The number of amides is 1. The van der Waals surface area contributed by atoms with Crippen LogP contribution in [0, 0.1) is 0 Å². The standard InChI is InChI=1S/C18H17F3N2OS/c19-18(20,21)14-4-2-1-3-11(14)8-22-17(24)15-7-12-9-23(13-5-6-13)10-16(12)25-15/h1-4,7,13H,5-6,8-10H2,(H,22,24). The molecule has 0 radical (unpaired) electrons. The third-order valence-electron chi connectivity index (χ3n) is 4.67. The van der Waals surface area contributed by atoms with Gasteiger partial charge in [0, 0.05) is 30.6 Å². The number of nitrogens with one attached hydrogen (secondary N) is 1. The fourth-order valence-corrected chi connectivity index (χ4v) is 4.33. The van der Waals surface area contributed by atoms with Gasteiger partial charge in [0.25, 0.3) is 5.91 Å². The number of benzene rings is 1. The first-order valence-corrected chi connectivity index (χ1v) is 9.02. The zero-order chi connectivity index (χ0) is 17.6. The van der Waals surface area contributed by atoms with Gasteiger partial charge >= 0.3 is 6.18 Å². The maximum Gasteiger partial charge on any atom is 0.416 e. The molecule has 0 unspecified atom stereocenters. The van der Waals surface area contributed by atoms with Crippen LogP contribution in [0.4, 0.5) is 13.2 Å². The van der Waals surface area contributed by atoms with Crippen LogP contribution in [0.1, 0.15) is 44.1 Å². The van der Waals surface area contributed by atoms with Gasteiger partial charge in [-0.3, -0.25) is 9.69 Å². The summed E-state index contributed by atoms with van der Waals surface area (Å²) in [5.41, 5.74) is 0.550. The van der Waals surface area contributed by atoms with Crippen molar-refractivity contribution in [2.45, 2.75) is 44.7 Å². The van der Waals surface area contributed by atoms with E-state index in [0.717, 1.165) is 19.2 Å². The SMILES string of the molecule is O=C(NCc1ccccc1C(F)(F)F)c1cc2c(s1)CN(C1CC1)C2. The van der Waals surface area contributed by atoms with E-state index in [1.54, 1.807) is 6.07 Å². The van der Waals surface area contributed by atoms with Gasteiger partial charge in [-0.2, -0.15) is 13.2 Å². The van der Waals surface area contributed by atoms with Gasteiger partial charge in [0.1, 0.15) is 0 Å². The van der Waals surface area contributed by atoms with Crippen LogP contribution >= 0.6 is 11.3 Å². The number of halogens is 3. The average molecular weight is 366 g/mol. The van der Waals surface area contributed by atoms with E-state index >= 15 is 0 Å². The summed E-state index contributed by atoms with van der Waals surface area (Å²) in [6, 6.07) is 7.90. The molecule has 7 heteroatoms. The topological polar surface area (TPSA) is 32.3 Å². The second kappa shape index (κ2) is 6.14. The van der Waals surface area contributed by atoms with Gasteiger partial charge in [0.05, 0.1) is 10.4 Å². The Morgan fingerprint density at radius 3 is 2.68 bits per heavy atom. The molecular formula is C18H17F3N2OS. The zero-order valence-corrected chi connectivity index (χ0v) is 14.2. The first-order chi connectivity index (χ1) is 11.9. The number of fused-ring (bicyclic) bond motifs is 1. The molecule has 1 aromatic heterocycles. The molecule has 3 nitrogen and oxygen atoms in total. The monoisotopic (exact) mass is 366 g/mol. The summed E-state index contributed by atoms with van der Waals surface area (Å²) in [6.07, 6.45) is -1.92. The van der Waals surface area contributed by atoms with Crippen LogP contribution in [0.15, 0.2) is 30.3 Å². The van der Waals surface area contributed by atoms with Crippen LogP contribution in [0.3, 0.4) is 0 Å². The summed E-state index contributed by atoms with van der Waals surface area (Å²) in [7, 11) is 0. The van der Waals surface area contributed by atoms with E-state index < -0.39 is 11.7 Å². The molecule has 0 saturated heterocycles. The third kappa shape index (κ3) is 3.43. The second-order valence-corrected chi connectivity index (χ2v) is 7.67. The Balaban J connectivity index is 1.42. The Labute approximate surface area is 147 Å². The van der Waals surface area contributed by atoms with Gasteiger partial charge in [-0.25, -0.2) is 0 Å². The Morgan fingerprint density at radius 1 is 1.24 bits per heavy atom. The zero-order valence-electron chi connectivity index (χ0n) is 13.4. The normalized spacial score (nSPS) is 17.6. The van der Waals surface area contributed by atoms with Crippen LogP contribution < -0.4 is 5.32 Å². The molecular weight excluding hydrogens is 349 g/mol. The number of rotatable bonds is 4. The molecule has 0 bridgehead atoms. The fraction of sp³-hybridized carbons (Fsp3) is 0.389. The summed E-state index contributed by atoms with van der Waals surface area (Å²) in [5, 5.41) is 2.62. The molecule has 1 amide bonds. The van der Waals surface area contributed by atoms with Crippen LogP contribution in [-0.2, 0) is 25.8 Å². The lowest BCUT2D eigenvalue weighted by molar-refractivity contribution is -0.138. The summed E-state index contributed by atoms with van der Waals surface area (Å²) < 4.78 is 39.0. The number of carbonyl (C=O) groups is 1. The first kappa shape index (κ1) is 16.6. The third-order valence-corrected chi connectivity index (χ3v) is 5.83. The molecule has 1 saturated carbocycles. The Kier molecular flexibility index (Phi) is 4.08. The highest BCUT2D eigenvalue weighted by Crippen LogP contribution is 2.38. The van der Waals surface area contributed by atoms with E-state index in [0.29, 0.717) is 10.9 Å². The summed E-state index contributed by atoms with van der Waals surface area (Å²) in [6.45, 7) is 1.63. The second-order valence-electron chi connectivity index (χ2n) is 6.53. The van der Waals surface area contributed by atoms with Gasteiger partial charge in [-0.05, 0) is 36.1 Å². The van der Waals surface area contributed by atoms with Crippen LogP contribution in [0.2, 0.25) is 0 Å². The van der Waals surface area contributed by atoms with Crippen molar-refractivity contribution in [3.05, 3.63) is 56.8 Å². The Hall–Kier alpha value is -1.86. The van der Waals surface area contributed by atoms with E-state index in [9.17, 15) is 18.0 Å². The van der Waals surface area contributed by atoms with E-state index in [1.165, 1.54) is 46.8 Å². The van der Waals surface area contributed by atoms with Crippen molar-refractivity contribution in [3.8, 4) is 0 Å². The predicted molar refractivity (Wildman–Crippen MR) is 89.2 cm³/mol. The van der Waals surface area contributed by atoms with Crippen molar-refractivity contribution in [2.75, 3.05) is 0 Å². The largest absolute Gasteiger partial charge is 0.416 e. The van der Waals surface area contributed by atoms with E-state index in [-0.39, 0.29) is 18.0 Å². The van der Waals surface area contributed by atoms with Gasteiger partial charge in [-0.1, -0.05) is 18.2 Å². The van der Waals surface area contributed by atoms with Crippen molar-refractivity contribution >= 4 is 17.2 Å². The number of alkyl halides is 3. The number of hydrogen-bond acceptors (Lipinski definition) is 3. The van der Waals surface area contributed by atoms with Crippen LogP contribution in [0.25, 0.3) is 0 Å². The number of carbonyl (C=O) groups excluding carboxylic acids is 1. The highest BCUT2D eigenvalue weighted by Gasteiger charge is 2.35. The van der Waals surface area contributed by atoms with Crippen molar-refractivity contribution in [1.82, 2.24) is 10.2 Å². The molecule has 1 aliphatic heterocycles. The highest BCUT2D eigenvalue weighted by atomic mass is 32.1. The molecule has 2 aromatic rings. The number of nitrogens with zero attached hydrogens (tertiary/aromatic N) is 1. The van der Waals surface area contributed by atoms with E-state index in [4.69, 9.17) is 0 Å². The molecule has 1 fully saturated rings. The maximum atomic E-state index is 13.0. The van der Waals surface area contributed by atoms with Gasteiger partial charge in [0.2, 0.25) is 0 Å². The first-order valence-electron chi connectivity index (χ1n) is 8.21. The van der Waals surface area contributed by atoms with Crippen LogP contribution in [-0.4, -0.2) is 16.8 Å². The summed E-state index contributed by atoms with van der Waals surface area (Å²) in [5.74, 6) is -0.311.